The first kappa shape index (κ1) is 13.9. The van der Waals surface area contributed by atoms with Gasteiger partial charge in [-0.05, 0) is 23.1 Å². The van der Waals surface area contributed by atoms with Crippen LogP contribution >= 0.6 is 23.4 Å². The molecule has 0 bridgehead atoms. The van der Waals surface area contributed by atoms with Crippen molar-refractivity contribution in [3.05, 3.63) is 34.9 Å². The summed E-state index contributed by atoms with van der Waals surface area (Å²) in [6, 6.07) is 8.24. The molecule has 0 saturated heterocycles. The van der Waals surface area contributed by atoms with Crippen LogP contribution in [-0.2, 0) is 5.75 Å². The lowest BCUT2D eigenvalue weighted by atomic mass is 9.89. The third-order valence-corrected chi connectivity index (χ3v) is 3.98. The number of rotatable bonds is 4. The maximum absolute atomic E-state index is 6.10. The lowest BCUT2D eigenvalue weighted by Gasteiger charge is -2.26. The van der Waals surface area contributed by atoms with Gasteiger partial charge in [0.1, 0.15) is 0 Å². The zero-order valence-corrected chi connectivity index (χ0v) is 11.7. The first-order chi connectivity index (χ1) is 7.39. The molecule has 0 spiro atoms. The first-order valence-corrected chi connectivity index (χ1v) is 7.00. The molecule has 0 aromatic heterocycles. The van der Waals surface area contributed by atoms with Crippen LogP contribution in [0.1, 0.15) is 26.3 Å². The van der Waals surface area contributed by atoms with E-state index in [9.17, 15) is 0 Å². The van der Waals surface area contributed by atoms with Crippen LogP contribution in [0.25, 0.3) is 0 Å². The zero-order chi connectivity index (χ0) is 12.2. The summed E-state index contributed by atoms with van der Waals surface area (Å²) < 4.78 is 0. The van der Waals surface area contributed by atoms with Gasteiger partial charge in [-0.1, -0.05) is 44.5 Å². The molecule has 2 N–H and O–H groups in total. The van der Waals surface area contributed by atoms with E-state index in [-0.39, 0.29) is 11.5 Å². The van der Waals surface area contributed by atoms with E-state index in [0.717, 1.165) is 16.5 Å². The summed E-state index contributed by atoms with van der Waals surface area (Å²) in [5, 5.41) is 0.792. The Labute approximate surface area is 108 Å². The van der Waals surface area contributed by atoms with Gasteiger partial charge in [0.15, 0.2) is 0 Å². The van der Waals surface area contributed by atoms with Gasteiger partial charge in [-0.2, -0.15) is 11.8 Å². The van der Waals surface area contributed by atoms with E-state index in [0.29, 0.717) is 0 Å². The fraction of sp³-hybridized carbons (Fsp3) is 0.538. The van der Waals surface area contributed by atoms with Crippen LogP contribution in [-0.4, -0.2) is 11.8 Å². The molecule has 0 radical (unpaired) electrons. The van der Waals surface area contributed by atoms with Gasteiger partial charge in [-0.25, -0.2) is 0 Å². The van der Waals surface area contributed by atoms with Crippen LogP contribution in [0, 0.1) is 5.41 Å². The average molecular weight is 258 g/mol. The summed E-state index contributed by atoms with van der Waals surface area (Å²) in [5.41, 5.74) is 7.59. The van der Waals surface area contributed by atoms with E-state index in [1.54, 1.807) is 0 Å². The number of benzene rings is 1. The number of nitrogens with two attached hydrogens (primary N) is 1. The quantitative estimate of drug-likeness (QED) is 0.884. The molecule has 0 aliphatic carbocycles. The summed E-state index contributed by atoms with van der Waals surface area (Å²) in [6.45, 7) is 6.54. The SMILES string of the molecule is CC(C)(C)C(N)CSCc1ccc(Cl)cc1. The molecule has 3 heteroatoms. The van der Waals surface area contributed by atoms with Crippen LogP contribution in [0.15, 0.2) is 24.3 Å². The number of hydrogen-bond acceptors (Lipinski definition) is 2. The van der Waals surface area contributed by atoms with E-state index in [1.165, 1.54) is 5.56 Å². The number of halogens is 1. The minimum atomic E-state index is 0.187. The lowest BCUT2D eigenvalue weighted by Crippen LogP contribution is -2.37. The normalized spacial score (nSPS) is 13.8. The fourth-order valence-electron chi connectivity index (χ4n) is 1.13. The molecule has 1 rings (SSSR count). The van der Waals surface area contributed by atoms with Crippen molar-refractivity contribution in [3.8, 4) is 0 Å². The molecule has 0 aliphatic heterocycles. The second-order valence-electron chi connectivity index (χ2n) is 5.11. The van der Waals surface area contributed by atoms with E-state index < -0.39 is 0 Å². The first-order valence-electron chi connectivity index (χ1n) is 5.47. The van der Waals surface area contributed by atoms with Crippen LogP contribution in [0.5, 0.6) is 0 Å². The predicted molar refractivity (Wildman–Crippen MR) is 75.0 cm³/mol. The molecule has 0 amide bonds. The van der Waals surface area contributed by atoms with Crippen molar-refractivity contribution in [3.63, 3.8) is 0 Å². The molecule has 1 aromatic carbocycles. The van der Waals surface area contributed by atoms with Crippen molar-refractivity contribution >= 4 is 23.4 Å². The smallest absolute Gasteiger partial charge is 0.0406 e. The third kappa shape index (κ3) is 4.77. The molecule has 0 saturated carbocycles. The van der Waals surface area contributed by atoms with Crippen molar-refractivity contribution in [1.82, 2.24) is 0 Å². The van der Waals surface area contributed by atoms with Crippen LogP contribution in [0.3, 0.4) is 0 Å². The zero-order valence-electron chi connectivity index (χ0n) is 10.2. The Morgan fingerprint density at radius 1 is 1.25 bits per heavy atom. The Morgan fingerprint density at radius 3 is 2.31 bits per heavy atom. The van der Waals surface area contributed by atoms with Crippen LogP contribution in [0.4, 0.5) is 0 Å². The minimum absolute atomic E-state index is 0.187. The maximum Gasteiger partial charge on any atom is 0.0406 e. The van der Waals surface area contributed by atoms with Crippen LogP contribution in [0.2, 0.25) is 5.02 Å². The highest BCUT2D eigenvalue weighted by molar-refractivity contribution is 7.98. The Kier molecular flexibility index (Phi) is 5.16. The Hall–Kier alpha value is -0.180. The second kappa shape index (κ2) is 5.95. The molecular formula is C13H20ClNS. The molecule has 0 fully saturated rings. The molecule has 1 aromatic rings. The molecule has 0 heterocycles. The lowest BCUT2D eigenvalue weighted by molar-refractivity contribution is 0.344. The van der Waals surface area contributed by atoms with Gasteiger partial charge in [-0.3, -0.25) is 0 Å². The van der Waals surface area contributed by atoms with E-state index in [1.807, 2.05) is 23.9 Å². The topological polar surface area (TPSA) is 26.0 Å². The van der Waals surface area contributed by atoms with Gasteiger partial charge < -0.3 is 5.73 Å². The minimum Gasteiger partial charge on any atom is -0.326 e. The van der Waals surface area contributed by atoms with Crippen LogP contribution < -0.4 is 5.73 Å². The highest BCUT2D eigenvalue weighted by Crippen LogP contribution is 2.22. The molecule has 1 atom stereocenters. The largest absolute Gasteiger partial charge is 0.326 e. The van der Waals surface area contributed by atoms with Gasteiger partial charge in [0.05, 0.1) is 0 Å². The summed E-state index contributed by atoms with van der Waals surface area (Å²) in [6.07, 6.45) is 0. The van der Waals surface area contributed by atoms with Gasteiger partial charge in [0.2, 0.25) is 0 Å². The highest BCUT2D eigenvalue weighted by atomic mass is 35.5. The third-order valence-electron chi connectivity index (χ3n) is 2.59. The monoisotopic (exact) mass is 257 g/mol. The summed E-state index contributed by atoms with van der Waals surface area (Å²) in [7, 11) is 0. The van der Waals surface area contributed by atoms with E-state index in [4.69, 9.17) is 17.3 Å². The van der Waals surface area contributed by atoms with Crippen molar-refractivity contribution in [2.24, 2.45) is 11.1 Å². The molecule has 0 aliphatic rings. The Bertz CT molecular complexity index is 316. The van der Waals surface area contributed by atoms with E-state index in [2.05, 4.69) is 32.9 Å². The standard InChI is InChI=1S/C13H20ClNS/c1-13(2,3)12(15)9-16-8-10-4-6-11(14)7-5-10/h4-7,12H,8-9,15H2,1-3H3. The number of hydrogen-bond donors (Lipinski definition) is 1. The van der Waals surface area contributed by atoms with Crippen molar-refractivity contribution < 1.29 is 0 Å². The van der Waals surface area contributed by atoms with Crippen molar-refractivity contribution in [2.75, 3.05) is 5.75 Å². The predicted octanol–water partition coefficient (Wildman–Crippen LogP) is 3.95. The Balaban J connectivity index is 2.33. The average Bonchev–Trinajstić information content (AvgIpc) is 2.19. The maximum atomic E-state index is 6.10. The van der Waals surface area contributed by atoms with Crippen molar-refractivity contribution in [1.29, 1.82) is 0 Å². The summed E-state index contributed by atoms with van der Waals surface area (Å²) >= 11 is 7.71. The number of thioether (sulfide) groups is 1. The van der Waals surface area contributed by atoms with Gasteiger partial charge in [0.25, 0.3) is 0 Å². The highest BCUT2D eigenvalue weighted by Gasteiger charge is 2.19. The molecule has 1 nitrogen and oxygen atoms in total. The van der Waals surface area contributed by atoms with Gasteiger partial charge in [0, 0.05) is 22.6 Å². The fourth-order valence-corrected chi connectivity index (χ4v) is 2.56. The van der Waals surface area contributed by atoms with Gasteiger partial charge >= 0.3 is 0 Å². The molecule has 1 unspecified atom stereocenters. The second-order valence-corrected chi connectivity index (χ2v) is 6.58. The Morgan fingerprint density at radius 2 is 1.81 bits per heavy atom. The molecular weight excluding hydrogens is 238 g/mol. The van der Waals surface area contributed by atoms with E-state index >= 15 is 0 Å². The van der Waals surface area contributed by atoms with Gasteiger partial charge in [-0.15, -0.1) is 0 Å². The summed E-state index contributed by atoms with van der Waals surface area (Å²) in [5.74, 6) is 1.99. The summed E-state index contributed by atoms with van der Waals surface area (Å²) in [4.78, 5) is 0. The molecule has 16 heavy (non-hydrogen) atoms. The molecule has 90 valence electrons. The van der Waals surface area contributed by atoms with Crippen molar-refractivity contribution in [2.45, 2.75) is 32.6 Å².